The van der Waals surface area contributed by atoms with Gasteiger partial charge in [0.1, 0.15) is 10.7 Å². The van der Waals surface area contributed by atoms with Crippen LogP contribution in [0.4, 0.5) is 0 Å². The van der Waals surface area contributed by atoms with Crippen LogP contribution in [-0.4, -0.2) is 15.0 Å². The minimum atomic E-state index is -3.51. The molecule has 1 aliphatic carbocycles. The van der Waals surface area contributed by atoms with Crippen molar-refractivity contribution in [2.24, 2.45) is 11.7 Å². The highest BCUT2D eigenvalue weighted by atomic mass is 79.9. The molecule has 0 aromatic carbocycles. The van der Waals surface area contributed by atoms with Crippen molar-refractivity contribution < 1.29 is 12.8 Å². The lowest BCUT2D eigenvalue weighted by atomic mass is 9.83. The van der Waals surface area contributed by atoms with Crippen molar-refractivity contribution in [3.05, 3.63) is 16.5 Å². The van der Waals surface area contributed by atoms with E-state index in [1.54, 1.807) is 0 Å². The maximum Gasteiger partial charge on any atom is 0.244 e. The summed E-state index contributed by atoms with van der Waals surface area (Å²) in [6.07, 6.45) is 4.60. The number of hydrogen-bond donors (Lipinski definition) is 2. The summed E-state index contributed by atoms with van der Waals surface area (Å²) in [7, 11) is -3.51. The van der Waals surface area contributed by atoms with Crippen LogP contribution in [0, 0.1) is 5.92 Å². The van der Waals surface area contributed by atoms with Crippen LogP contribution in [0.15, 0.2) is 20.0 Å². The Hall–Kier alpha value is -0.370. The zero-order chi connectivity index (χ0) is 13.2. The molecule has 0 radical (unpaired) electrons. The van der Waals surface area contributed by atoms with E-state index in [9.17, 15) is 8.42 Å². The van der Waals surface area contributed by atoms with E-state index in [-0.39, 0.29) is 16.1 Å². The van der Waals surface area contributed by atoms with Crippen LogP contribution in [0.5, 0.6) is 0 Å². The topological polar surface area (TPSA) is 85.3 Å². The van der Waals surface area contributed by atoms with E-state index >= 15 is 0 Å². The summed E-state index contributed by atoms with van der Waals surface area (Å²) >= 11 is 3.10. The Balaban J connectivity index is 1.97. The third-order valence-corrected chi connectivity index (χ3v) is 5.58. The number of sulfonamides is 1. The summed E-state index contributed by atoms with van der Waals surface area (Å²) in [4.78, 5) is 0.122. The van der Waals surface area contributed by atoms with Crippen LogP contribution in [0.1, 0.15) is 31.4 Å². The van der Waals surface area contributed by atoms with E-state index in [1.807, 2.05) is 0 Å². The Morgan fingerprint density at radius 1 is 1.50 bits per heavy atom. The van der Waals surface area contributed by atoms with Gasteiger partial charge in [-0.15, -0.1) is 0 Å². The molecule has 1 aromatic heterocycles. The molecule has 1 saturated carbocycles. The number of halogens is 1. The minimum absolute atomic E-state index is 0.122. The van der Waals surface area contributed by atoms with Crippen LogP contribution in [-0.2, 0) is 16.6 Å². The normalized spacial score (nSPS) is 16.8. The molecule has 0 amide bonds. The molecule has 0 aliphatic heterocycles. The molecule has 1 aromatic rings. The highest BCUT2D eigenvalue weighted by Gasteiger charge is 2.23. The van der Waals surface area contributed by atoms with Gasteiger partial charge in [0, 0.05) is 12.6 Å². The SMILES string of the molecule is NCc1cc(S(=O)(=O)NCCC2CCC2)c(Br)o1. The third kappa shape index (κ3) is 3.14. The van der Waals surface area contributed by atoms with Gasteiger partial charge in [-0.05, 0) is 28.3 Å². The molecule has 102 valence electrons. The number of furan rings is 1. The van der Waals surface area contributed by atoms with E-state index in [1.165, 1.54) is 25.3 Å². The Kier molecular flexibility index (Phi) is 4.47. The van der Waals surface area contributed by atoms with E-state index < -0.39 is 10.0 Å². The molecule has 1 heterocycles. The first kappa shape index (κ1) is 14.0. The highest BCUT2D eigenvalue weighted by Crippen LogP contribution is 2.29. The van der Waals surface area contributed by atoms with Gasteiger partial charge in [0.2, 0.25) is 10.0 Å². The molecular weight excluding hydrogens is 320 g/mol. The molecule has 5 nitrogen and oxygen atoms in total. The van der Waals surface area contributed by atoms with E-state index in [2.05, 4.69) is 20.7 Å². The number of rotatable bonds is 6. The molecule has 0 atom stereocenters. The molecule has 0 unspecified atom stereocenters. The fraction of sp³-hybridized carbons (Fsp3) is 0.636. The van der Waals surface area contributed by atoms with Crippen molar-refractivity contribution in [3.8, 4) is 0 Å². The fourth-order valence-corrected chi connectivity index (χ4v) is 3.98. The zero-order valence-corrected chi connectivity index (χ0v) is 12.4. The molecule has 1 fully saturated rings. The van der Waals surface area contributed by atoms with Gasteiger partial charge in [-0.25, -0.2) is 13.1 Å². The molecule has 0 saturated heterocycles. The van der Waals surface area contributed by atoms with E-state index in [0.717, 1.165) is 6.42 Å². The van der Waals surface area contributed by atoms with Crippen molar-refractivity contribution in [2.75, 3.05) is 6.54 Å². The summed E-state index contributed by atoms with van der Waals surface area (Å²) in [5.41, 5.74) is 5.41. The quantitative estimate of drug-likeness (QED) is 0.831. The largest absolute Gasteiger partial charge is 0.452 e. The fourth-order valence-electron chi connectivity index (χ4n) is 1.94. The summed E-state index contributed by atoms with van der Waals surface area (Å²) < 4.78 is 32.0. The Morgan fingerprint density at radius 3 is 2.72 bits per heavy atom. The maximum absolute atomic E-state index is 12.0. The van der Waals surface area contributed by atoms with Gasteiger partial charge < -0.3 is 10.2 Å². The van der Waals surface area contributed by atoms with Gasteiger partial charge in [-0.1, -0.05) is 19.3 Å². The standard InChI is InChI=1S/C11H17BrN2O3S/c12-11-10(6-9(7-13)17-11)18(15,16)14-5-4-8-2-1-3-8/h6,8,14H,1-5,7,13H2. The second-order valence-corrected chi connectivity index (χ2v) is 6.99. The molecular formula is C11H17BrN2O3S. The second-order valence-electron chi connectivity index (χ2n) is 4.54. The number of hydrogen-bond acceptors (Lipinski definition) is 4. The van der Waals surface area contributed by atoms with E-state index in [4.69, 9.17) is 10.2 Å². The third-order valence-electron chi connectivity index (χ3n) is 3.27. The van der Waals surface area contributed by atoms with Crippen LogP contribution >= 0.6 is 15.9 Å². The zero-order valence-electron chi connectivity index (χ0n) is 9.99. The van der Waals surface area contributed by atoms with Crippen molar-refractivity contribution in [3.63, 3.8) is 0 Å². The van der Waals surface area contributed by atoms with Crippen LogP contribution in [0.25, 0.3) is 0 Å². The van der Waals surface area contributed by atoms with Crippen LogP contribution in [0.3, 0.4) is 0 Å². The lowest BCUT2D eigenvalue weighted by Gasteiger charge is -2.24. The molecule has 0 bridgehead atoms. The Morgan fingerprint density at radius 2 is 2.22 bits per heavy atom. The lowest BCUT2D eigenvalue weighted by molar-refractivity contribution is 0.297. The van der Waals surface area contributed by atoms with Crippen LogP contribution in [0.2, 0.25) is 0 Å². The molecule has 0 spiro atoms. The first-order chi connectivity index (χ1) is 8.53. The first-order valence-corrected chi connectivity index (χ1v) is 8.28. The highest BCUT2D eigenvalue weighted by molar-refractivity contribution is 9.10. The average molecular weight is 337 g/mol. The van der Waals surface area contributed by atoms with Crippen molar-refractivity contribution in [1.29, 1.82) is 0 Å². The van der Waals surface area contributed by atoms with Gasteiger partial charge >= 0.3 is 0 Å². The summed E-state index contributed by atoms with van der Waals surface area (Å²) in [5.74, 6) is 1.13. The van der Waals surface area contributed by atoms with E-state index in [0.29, 0.717) is 18.2 Å². The van der Waals surface area contributed by atoms with Gasteiger partial charge in [0.25, 0.3) is 0 Å². The first-order valence-electron chi connectivity index (χ1n) is 6.01. The molecule has 2 rings (SSSR count). The monoisotopic (exact) mass is 336 g/mol. The molecule has 3 N–H and O–H groups in total. The maximum atomic E-state index is 12.0. The molecule has 18 heavy (non-hydrogen) atoms. The Bertz CT molecular complexity index is 508. The summed E-state index contributed by atoms with van der Waals surface area (Å²) in [5, 5.41) is 0. The second kappa shape index (κ2) is 5.73. The Labute approximate surface area is 115 Å². The predicted molar refractivity (Wildman–Crippen MR) is 71.4 cm³/mol. The number of nitrogens with one attached hydrogen (secondary N) is 1. The van der Waals surface area contributed by atoms with Crippen molar-refractivity contribution >= 4 is 26.0 Å². The van der Waals surface area contributed by atoms with Crippen molar-refractivity contribution in [1.82, 2.24) is 4.72 Å². The smallest absolute Gasteiger partial charge is 0.244 e. The summed E-state index contributed by atoms with van der Waals surface area (Å²) in [6, 6.07) is 1.45. The van der Waals surface area contributed by atoms with Gasteiger partial charge in [0.15, 0.2) is 4.67 Å². The average Bonchev–Trinajstić information content (AvgIpc) is 2.64. The van der Waals surface area contributed by atoms with Crippen molar-refractivity contribution in [2.45, 2.75) is 37.1 Å². The molecule has 1 aliphatic rings. The molecule has 7 heteroatoms. The van der Waals surface area contributed by atoms with Gasteiger partial charge in [0.05, 0.1) is 6.54 Å². The van der Waals surface area contributed by atoms with Crippen LogP contribution < -0.4 is 10.5 Å². The summed E-state index contributed by atoms with van der Waals surface area (Å²) in [6.45, 7) is 0.652. The van der Waals surface area contributed by atoms with Gasteiger partial charge in [-0.2, -0.15) is 0 Å². The number of nitrogens with two attached hydrogens (primary N) is 1. The lowest BCUT2D eigenvalue weighted by Crippen LogP contribution is -2.27. The minimum Gasteiger partial charge on any atom is -0.452 e. The van der Waals surface area contributed by atoms with Gasteiger partial charge in [-0.3, -0.25) is 0 Å². The predicted octanol–water partition coefficient (Wildman–Crippen LogP) is 1.97.